The van der Waals surface area contributed by atoms with Crippen LogP contribution >= 0.6 is 0 Å². The van der Waals surface area contributed by atoms with Gasteiger partial charge in [0.25, 0.3) is 5.91 Å². The van der Waals surface area contributed by atoms with Gasteiger partial charge >= 0.3 is 6.09 Å². The first-order chi connectivity index (χ1) is 11.6. The van der Waals surface area contributed by atoms with E-state index in [-0.39, 0.29) is 17.4 Å². The first kappa shape index (κ1) is 19.0. The Labute approximate surface area is 147 Å². The zero-order chi connectivity index (χ0) is 18.8. The highest BCUT2D eigenvalue weighted by Gasteiger charge is 2.29. The molecule has 1 aromatic rings. The summed E-state index contributed by atoms with van der Waals surface area (Å²) in [5, 5.41) is 12.4. The molecule has 0 spiro atoms. The maximum atomic E-state index is 14.0. The number of amides is 2. The van der Waals surface area contributed by atoms with Gasteiger partial charge in [-0.05, 0) is 58.2 Å². The van der Waals surface area contributed by atoms with E-state index >= 15 is 0 Å². The molecular formula is C18H25FN2O4. The number of piperidine rings is 1. The van der Waals surface area contributed by atoms with Crippen LogP contribution < -0.4 is 5.32 Å². The van der Waals surface area contributed by atoms with Crippen LogP contribution in [0.2, 0.25) is 0 Å². The Hall–Kier alpha value is -2.31. The van der Waals surface area contributed by atoms with Crippen LogP contribution in [-0.4, -0.2) is 46.7 Å². The van der Waals surface area contributed by atoms with Crippen molar-refractivity contribution in [1.82, 2.24) is 10.2 Å². The SMILES string of the molecule is Cc1cc(F)c(C(=O)NC2CCCN(C(=O)OC(C)(C)C)C2)cc1O. The van der Waals surface area contributed by atoms with E-state index in [1.807, 2.05) is 0 Å². The fraction of sp³-hybridized carbons (Fsp3) is 0.556. The average molecular weight is 352 g/mol. The monoisotopic (exact) mass is 352 g/mol. The molecule has 1 fully saturated rings. The van der Waals surface area contributed by atoms with E-state index in [0.29, 0.717) is 31.5 Å². The highest BCUT2D eigenvalue weighted by atomic mass is 19.1. The summed E-state index contributed by atoms with van der Waals surface area (Å²) in [6, 6.07) is 1.95. The number of hydrogen-bond acceptors (Lipinski definition) is 4. The Morgan fingerprint density at radius 2 is 2.04 bits per heavy atom. The molecule has 2 N–H and O–H groups in total. The van der Waals surface area contributed by atoms with Crippen LogP contribution in [0, 0.1) is 12.7 Å². The van der Waals surface area contributed by atoms with Crippen LogP contribution in [0.25, 0.3) is 0 Å². The molecule has 1 saturated heterocycles. The van der Waals surface area contributed by atoms with Crippen molar-refractivity contribution in [2.24, 2.45) is 0 Å². The number of phenolic OH excluding ortho intramolecular Hbond substituents is 1. The molecule has 1 heterocycles. The molecule has 0 aliphatic carbocycles. The van der Waals surface area contributed by atoms with Gasteiger partial charge in [-0.25, -0.2) is 9.18 Å². The standard InChI is InChI=1S/C18H25FN2O4/c1-11-8-14(19)13(9-15(11)22)16(23)20-12-6-5-7-21(10-12)17(24)25-18(2,3)4/h8-9,12,22H,5-7,10H2,1-4H3,(H,20,23). The van der Waals surface area contributed by atoms with Crippen LogP contribution in [0.5, 0.6) is 5.75 Å². The number of nitrogens with one attached hydrogen (secondary N) is 1. The van der Waals surface area contributed by atoms with E-state index in [1.54, 1.807) is 32.6 Å². The second kappa shape index (κ2) is 7.29. The van der Waals surface area contributed by atoms with E-state index in [2.05, 4.69) is 5.32 Å². The zero-order valence-corrected chi connectivity index (χ0v) is 15.1. The summed E-state index contributed by atoms with van der Waals surface area (Å²) >= 11 is 0. The van der Waals surface area contributed by atoms with E-state index in [9.17, 15) is 19.1 Å². The van der Waals surface area contributed by atoms with Crippen molar-refractivity contribution in [2.45, 2.75) is 52.2 Å². The number of halogens is 1. The fourth-order valence-electron chi connectivity index (χ4n) is 2.69. The maximum Gasteiger partial charge on any atom is 0.410 e. The molecule has 0 saturated carbocycles. The highest BCUT2D eigenvalue weighted by Crippen LogP contribution is 2.21. The summed E-state index contributed by atoms with van der Waals surface area (Å²) < 4.78 is 19.3. The van der Waals surface area contributed by atoms with Gasteiger partial charge in [0.05, 0.1) is 5.56 Å². The number of carbonyl (C=O) groups excluding carboxylic acids is 2. The number of carbonyl (C=O) groups is 2. The summed E-state index contributed by atoms with van der Waals surface area (Å²) in [6.45, 7) is 7.79. The summed E-state index contributed by atoms with van der Waals surface area (Å²) in [7, 11) is 0. The van der Waals surface area contributed by atoms with Crippen LogP contribution in [0.1, 0.15) is 49.5 Å². The molecule has 1 aliphatic heterocycles. The molecule has 1 aliphatic rings. The minimum absolute atomic E-state index is 0.134. The number of phenols is 1. The first-order valence-corrected chi connectivity index (χ1v) is 8.35. The molecule has 7 heteroatoms. The average Bonchev–Trinajstić information content (AvgIpc) is 2.49. The molecule has 1 unspecified atom stereocenters. The number of nitrogens with zero attached hydrogens (tertiary/aromatic N) is 1. The van der Waals surface area contributed by atoms with Gasteiger partial charge in [0, 0.05) is 19.1 Å². The van der Waals surface area contributed by atoms with E-state index < -0.39 is 23.4 Å². The van der Waals surface area contributed by atoms with Gasteiger partial charge < -0.3 is 20.1 Å². The quantitative estimate of drug-likeness (QED) is 0.858. The van der Waals surface area contributed by atoms with Crippen molar-refractivity contribution in [3.8, 4) is 5.75 Å². The van der Waals surface area contributed by atoms with Gasteiger partial charge in [-0.1, -0.05) is 0 Å². The summed E-state index contributed by atoms with van der Waals surface area (Å²) in [4.78, 5) is 26.0. The Bertz CT molecular complexity index is 670. The molecular weight excluding hydrogens is 327 g/mol. The van der Waals surface area contributed by atoms with E-state index in [4.69, 9.17) is 4.74 Å². The zero-order valence-electron chi connectivity index (χ0n) is 15.1. The fourth-order valence-corrected chi connectivity index (χ4v) is 2.69. The maximum absolute atomic E-state index is 14.0. The summed E-state index contributed by atoms with van der Waals surface area (Å²) in [6.07, 6.45) is 0.974. The third kappa shape index (κ3) is 5.08. The Morgan fingerprint density at radius 1 is 1.36 bits per heavy atom. The van der Waals surface area contributed by atoms with Crippen molar-refractivity contribution < 1.29 is 23.8 Å². The molecule has 138 valence electrons. The van der Waals surface area contributed by atoms with E-state index in [0.717, 1.165) is 12.1 Å². The van der Waals surface area contributed by atoms with Gasteiger partial charge in [0.1, 0.15) is 17.2 Å². The third-order valence-corrected chi connectivity index (χ3v) is 3.94. The second-order valence-electron chi connectivity index (χ2n) is 7.36. The van der Waals surface area contributed by atoms with Gasteiger partial charge in [-0.15, -0.1) is 0 Å². The van der Waals surface area contributed by atoms with Crippen molar-refractivity contribution in [3.63, 3.8) is 0 Å². The lowest BCUT2D eigenvalue weighted by atomic mass is 10.0. The summed E-state index contributed by atoms with van der Waals surface area (Å²) in [5.74, 6) is -1.43. The van der Waals surface area contributed by atoms with Crippen molar-refractivity contribution in [3.05, 3.63) is 29.1 Å². The van der Waals surface area contributed by atoms with Gasteiger partial charge in [-0.2, -0.15) is 0 Å². The lowest BCUT2D eigenvalue weighted by Crippen LogP contribution is -2.50. The van der Waals surface area contributed by atoms with Gasteiger partial charge in [-0.3, -0.25) is 4.79 Å². The Kier molecular flexibility index (Phi) is 5.55. The number of aromatic hydroxyl groups is 1. The number of rotatable bonds is 2. The second-order valence-corrected chi connectivity index (χ2v) is 7.36. The topological polar surface area (TPSA) is 78.9 Å². The Balaban J connectivity index is 2.02. The molecule has 1 atom stereocenters. The molecule has 0 radical (unpaired) electrons. The van der Waals surface area contributed by atoms with Gasteiger partial charge in [0.2, 0.25) is 0 Å². The smallest absolute Gasteiger partial charge is 0.410 e. The number of ether oxygens (including phenoxy) is 1. The predicted molar refractivity (Wildman–Crippen MR) is 91.1 cm³/mol. The molecule has 0 bridgehead atoms. The number of hydrogen-bond donors (Lipinski definition) is 2. The number of benzene rings is 1. The number of likely N-dealkylation sites (tertiary alicyclic amines) is 1. The van der Waals surface area contributed by atoms with Crippen molar-refractivity contribution >= 4 is 12.0 Å². The third-order valence-electron chi connectivity index (χ3n) is 3.94. The van der Waals surface area contributed by atoms with E-state index in [1.165, 1.54) is 0 Å². The van der Waals surface area contributed by atoms with Crippen LogP contribution in [-0.2, 0) is 4.74 Å². The summed E-state index contributed by atoms with van der Waals surface area (Å²) in [5.41, 5.74) is -0.434. The predicted octanol–water partition coefficient (Wildman–Crippen LogP) is 2.97. The van der Waals surface area contributed by atoms with Crippen LogP contribution in [0.15, 0.2) is 12.1 Å². The Morgan fingerprint density at radius 3 is 2.68 bits per heavy atom. The minimum atomic E-state index is -0.687. The largest absolute Gasteiger partial charge is 0.508 e. The molecule has 2 rings (SSSR count). The lowest BCUT2D eigenvalue weighted by molar-refractivity contribution is 0.0185. The minimum Gasteiger partial charge on any atom is -0.508 e. The first-order valence-electron chi connectivity index (χ1n) is 8.35. The molecule has 25 heavy (non-hydrogen) atoms. The molecule has 2 amide bonds. The highest BCUT2D eigenvalue weighted by molar-refractivity contribution is 5.95. The van der Waals surface area contributed by atoms with Crippen molar-refractivity contribution in [1.29, 1.82) is 0 Å². The van der Waals surface area contributed by atoms with Crippen molar-refractivity contribution in [2.75, 3.05) is 13.1 Å². The molecule has 0 aromatic heterocycles. The lowest BCUT2D eigenvalue weighted by Gasteiger charge is -2.34. The number of aryl methyl sites for hydroxylation is 1. The normalized spacial score (nSPS) is 18.0. The van der Waals surface area contributed by atoms with Gasteiger partial charge in [0.15, 0.2) is 0 Å². The van der Waals surface area contributed by atoms with Crippen LogP contribution in [0.4, 0.5) is 9.18 Å². The van der Waals surface area contributed by atoms with Crippen LogP contribution in [0.3, 0.4) is 0 Å². The molecule has 1 aromatic carbocycles. The molecule has 6 nitrogen and oxygen atoms in total.